The van der Waals surface area contributed by atoms with E-state index in [0.29, 0.717) is 17.0 Å². The number of non-ortho nitro benzene ring substituents is 1. The zero-order valence-corrected chi connectivity index (χ0v) is 15.1. The number of nitro groups is 1. The van der Waals surface area contributed by atoms with Crippen LogP contribution >= 0.6 is 0 Å². The second kappa shape index (κ2) is 6.38. The van der Waals surface area contributed by atoms with E-state index in [1.807, 2.05) is 6.07 Å². The van der Waals surface area contributed by atoms with E-state index in [2.05, 4.69) is 5.32 Å². The molecule has 0 aliphatic carbocycles. The van der Waals surface area contributed by atoms with Crippen LogP contribution in [0.25, 0.3) is 0 Å². The molecule has 0 radical (unpaired) electrons. The third-order valence-electron chi connectivity index (χ3n) is 4.76. The average molecular weight is 380 g/mol. The Bertz CT molecular complexity index is 1210. The highest BCUT2D eigenvalue weighted by Gasteiger charge is 2.30. The van der Waals surface area contributed by atoms with Crippen molar-refractivity contribution in [1.29, 1.82) is 0 Å². The molecule has 0 saturated carbocycles. The van der Waals surface area contributed by atoms with Gasteiger partial charge in [-0.2, -0.15) is 0 Å². The van der Waals surface area contributed by atoms with Crippen molar-refractivity contribution in [2.24, 2.45) is 14.1 Å². The second-order valence-electron chi connectivity index (χ2n) is 6.45. The maximum atomic E-state index is 13.0. The largest absolute Gasteiger partial charge is 0.438 e. The lowest BCUT2D eigenvalue weighted by Gasteiger charge is -2.20. The van der Waals surface area contributed by atoms with Gasteiger partial charge in [-0.15, -0.1) is 0 Å². The summed E-state index contributed by atoms with van der Waals surface area (Å²) in [5, 5.41) is 14.2. The highest BCUT2D eigenvalue weighted by atomic mass is 16.6. The molecule has 4 rings (SSSR count). The minimum atomic E-state index is -0.662. The average Bonchev–Trinajstić information content (AvgIpc) is 2.88. The van der Waals surface area contributed by atoms with Gasteiger partial charge in [0.05, 0.1) is 16.7 Å². The molecule has 9 heteroatoms. The number of hydrogen-bond donors (Lipinski definition) is 1. The molecule has 1 atom stereocenters. The molecular formula is C19H16N4O5. The van der Waals surface area contributed by atoms with Gasteiger partial charge in [-0.05, 0) is 29.8 Å². The first-order chi connectivity index (χ1) is 13.4. The summed E-state index contributed by atoms with van der Waals surface area (Å²) in [4.78, 5) is 35.8. The van der Waals surface area contributed by atoms with Crippen molar-refractivity contribution in [3.8, 4) is 11.6 Å². The minimum absolute atomic E-state index is 0.0531. The second-order valence-corrected chi connectivity index (χ2v) is 6.45. The van der Waals surface area contributed by atoms with Crippen LogP contribution in [0.2, 0.25) is 0 Å². The summed E-state index contributed by atoms with van der Waals surface area (Å²) in [7, 11) is 2.93. The normalized spacial score (nSPS) is 14.9. The molecular weight excluding hydrogens is 364 g/mol. The van der Waals surface area contributed by atoms with Gasteiger partial charge in [-0.25, -0.2) is 4.79 Å². The molecule has 9 nitrogen and oxygen atoms in total. The van der Waals surface area contributed by atoms with Crippen LogP contribution in [0.1, 0.15) is 17.2 Å². The van der Waals surface area contributed by atoms with Crippen LogP contribution in [-0.2, 0) is 14.1 Å². The SMILES string of the molecule is Cn1c2c(c(=O)n(C)c1=O)[C@H](c1ccc([N+](=O)[O-])cc1)Nc1ccccc1O2. The summed E-state index contributed by atoms with van der Waals surface area (Å²) in [6, 6.07) is 12.4. The van der Waals surface area contributed by atoms with Crippen LogP contribution in [0.15, 0.2) is 58.1 Å². The fraction of sp³-hybridized carbons (Fsp3) is 0.158. The van der Waals surface area contributed by atoms with Gasteiger partial charge < -0.3 is 10.1 Å². The van der Waals surface area contributed by atoms with Crippen molar-refractivity contribution < 1.29 is 9.66 Å². The molecule has 0 amide bonds. The zero-order valence-electron chi connectivity index (χ0n) is 15.1. The standard InChI is InChI=1S/C19H16N4O5/c1-21-17(24)15-16(11-7-9-12(10-8-11)23(26)27)20-13-5-3-4-6-14(13)28-18(15)22(2)19(21)25/h3-10,16,20H,1-2H3/t16-/m0/s1. The number of nitro benzene ring substituents is 1. The molecule has 0 saturated heterocycles. The first kappa shape index (κ1) is 17.5. The molecule has 142 valence electrons. The van der Waals surface area contributed by atoms with E-state index >= 15 is 0 Å². The monoisotopic (exact) mass is 380 g/mol. The molecule has 1 aliphatic rings. The van der Waals surface area contributed by atoms with E-state index in [1.165, 1.54) is 30.8 Å². The van der Waals surface area contributed by atoms with E-state index in [-0.39, 0.29) is 17.1 Å². The molecule has 1 N–H and O–H groups in total. The van der Waals surface area contributed by atoms with E-state index < -0.39 is 22.2 Å². The summed E-state index contributed by atoms with van der Waals surface area (Å²) in [5.74, 6) is 0.602. The first-order valence-corrected chi connectivity index (χ1v) is 8.46. The third kappa shape index (κ3) is 2.64. The van der Waals surface area contributed by atoms with Gasteiger partial charge in [-0.3, -0.25) is 24.0 Å². The summed E-state index contributed by atoms with van der Waals surface area (Å²) >= 11 is 0. The molecule has 1 aliphatic heterocycles. The maximum absolute atomic E-state index is 13.0. The lowest BCUT2D eigenvalue weighted by molar-refractivity contribution is -0.384. The van der Waals surface area contributed by atoms with Crippen LogP contribution in [0, 0.1) is 10.1 Å². The molecule has 28 heavy (non-hydrogen) atoms. The van der Waals surface area contributed by atoms with E-state index in [1.54, 1.807) is 30.3 Å². The number of ether oxygens (including phenoxy) is 1. The molecule has 1 aromatic heterocycles. The van der Waals surface area contributed by atoms with Crippen LogP contribution in [0.4, 0.5) is 11.4 Å². The topological polar surface area (TPSA) is 108 Å². The lowest BCUT2D eigenvalue weighted by atomic mass is 9.99. The Kier molecular flexibility index (Phi) is 3.99. The van der Waals surface area contributed by atoms with Gasteiger partial charge in [-0.1, -0.05) is 12.1 Å². The van der Waals surface area contributed by atoms with Gasteiger partial charge in [0.25, 0.3) is 11.2 Å². The van der Waals surface area contributed by atoms with Crippen LogP contribution in [-0.4, -0.2) is 14.1 Å². The number of hydrogen-bond acceptors (Lipinski definition) is 6. The quantitative estimate of drug-likeness (QED) is 0.540. The minimum Gasteiger partial charge on any atom is -0.438 e. The lowest BCUT2D eigenvalue weighted by Crippen LogP contribution is -2.40. The highest BCUT2D eigenvalue weighted by molar-refractivity contribution is 5.63. The number of anilines is 1. The summed E-state index contributed by atoms with van der Waals surface area (Å²) in [6.45, 7) is 0. The predicted molar refractivity (Wildman–Crippen MR) is 102 cm³/mol. The Morgan fingerprint density at radius 3 is 2.39 bits per heavy atom. The molecule has 3 aromatic rings. The maximum Gasteiger partial charge on any atom is 0.333 e. The van der Waals surface area contributed by atoms with E-state index in [0.717, 1.165) is 4.57 Å². The van der Waals surface area contributed by atoms with Crippen LogP contribution < -0.4 is 21.3 Å². The van der Waals surface area contributed by atoms with Crippen molar-refractivity contribution in [3.63, 3.8) is 0 Å². The summed E-state index contributed by atoms with van der Waals surface area (Å²) in [6.07, 6.45) is 0. The van der Waals surface area contributed by atoms with Crippen molar-refractivity contribution in [1.82, 2.24) is 9.13 Å². The van der Waals surface area contributed by atoms with Crippen molar-refractivity contribution >= 4 is 11.4 Å². The van der Waals surface area contributed by atoms with Gasteiger partial charge >= 0.3 is 5.69 Å². The Morgan fingerprint density at radius 1 is 1.04 bits per heavy atom. The van der Waals surface area contributed by atoms with E-state index in [4.69, 9.17) is 4.74 Å². The summed E-state index contributed by atoms with van der Waals surface area (Å²) < 4.78 is 8.23. The Balaban J connectivity index is 2.00. The molecule has 0 unspecified atom stereocenters. The molecule has 0 fully saturated rings. The van der Waals surface area contributed by atoms with Crippen molar-refractivity contribution in [2.45, 2.75) is 6.04 Å². The van der Waals surface area contributed by atoms with Crippen LogP contribution in [0.5, 0.6) is 11.6 Å². The smallest absolute Gasteiger partial charge is 0.333 e. The molecule has 0 bridgehead atoms. The summed E-state index contributed by atoms with van der Waals surface area (Å²) in [5.41, 5.74) is 0.448. The molecule has 2 heterocycles. The predicted octanol–water partition coefficient (Wildman–Crippen LogP) is 2.30. The fourth-order valence-electron chi connectivity index (χ4n) is 3.27. The van der Waals surface area contributed by atoms with Gasteiger partial charge in [0.2, 0.25) is 5.88 Å². The Morgan fingerprint density at radius 2 is 1.71 bits per heavy atom. The molecule has 0 spiro atoms. The number of aromatic nitrogens is 2. The third-order valence-corrected chi connectivity index (χ3v) is 4.76. The number of benzene rings is 2. The number of fused-ring (bicyclic) bond motifs is 2. The van der Waals surface area contributed by atoms with Gasteiger partial charge in [0.1, 0.15) is 5.56 Å². The highest BCUT2D eigenvalue weighted by Crippen LogP contribution is 2.40. The van der Waals surface area contributed by atoms with Crippen LogP contribution in [0.3, 0.4) is 0 Å². The number of nitrogens with zero attached hydrogens (tertiary/aromatic N) is 3. The number of rotatable bonds is 2. The Hall–Kier alpha value is -3.88. The Labute approximate surface area is 158 Å². The fourth-order valence-corrected chi connectivity index (χ4v) is 3.27. The zero-order chi connectivity index (χ0) is 20.0. The van der Waals surface area contributed by atoms with Crippen molar-refractivity contribution in [2.75, 3.05) is 5.32 Å². The molecule has 2 aromatic carbocycles. The van der Waals surface area contributed by atoms with Gasteiger partial charge in [0, 0.05) is 26.2 Å². The first-order valence-electron chi connectivity index (χ1n) is 8.46. The van der Waals surface area contributed by atoms with Crippen molar-refractivity contribution in [3.05, 3.63) is 90.6 Å². The number of para-hydroxylation sites is 2. The van der Waals surface area contributed by atoms with Gasteiger partial charge in [0.15, 0.2) is 5.75 Å². The van der Waals surface area contributed by atoms with E-state index in [9.17, 15) is 19.7 Å². The number of nitrogens with one attached hydrogen (secondary N) is 1.